The fraction of sp³-hybridized carbons (Fsp3) is 0.381. The van der Waals surface area contributed by atoms with Crippen LogP contribution in [0.2, 0.25) is 0 Å². The number of carbonyl (C=O) groups is 1. The van der Waals surface area contributed by atoms with Gasteiger partial charge < -0.3 is 0 Å². The largest absolute Gasteiger partial charge is 0.293 e. The Labute approximate surface area is 162 Å². The normalized spacial score (nSPS) is 16.7. The summed E-state index contributed by atoms with van der Waals surface area (Å²) in [6.45, 7) is 6.29. The van der Waals surface area contributed by atoms with Gasteiger partial charge in [0, 0.05) is 15.8 Å². The third-order valence-corrected chi connectivity index (χ3v) is 7.07. The van der Waals surface area contributed by atoms with Crippen LogP contribution in [-0.4, -0.2) is 21.5 Å². The number of hydrogen-bond acceptors (Lipinski definition) is 5. The third-order valence-electron chi connectivity index (χ3n) is 4.95. The molecule has 0 fully saturated rings. The summed E-state index contributed by atoms with van der Waals surface area (Å²) in [5.74, 6) is 2.09. The molecule has 0 saturated heterocycles. The van der Waals surface area contributed by atoms with Gasteiger partial charge in [-0.05, 0) is 44.6 Å². The molecule has 134 valence electrons. The van der Waals surface area contributed by atoms with Crippen molar-refractivity contribution in [2.45, 2.75) is 45.1 Å². The van der Waals surface area contributed by atoms with Gasteiger partial charge in [-0.25, -0.2) is 9.97 Å². The number of Topliss-reactive ketones (excluding diaryl/α,β-unsaturated/α-hetero) is 1. The summed E-state index contributed by atoms with van der Waals surface area (Å²) in [7, 11) is 0. The van der Waals surface area contributed by atoms with Crippen LogP contribution in [0.25, 0.3) is 10.2 Å². The van der Waals surface area contributed by atoms with Gasteiger partial charge >= 0.3 is 0 Å². The lowest BCUT2D eigenvalue weighted by Crippen LogP contribution is -2.09. The maximum Gasteiger partial charge on any atom is 0.173 e. The highest BCUT2D eigenvalue weighted by Gasteiger charge is 2.24. The molecule has 1 aliphatic carbocycles. The minimum atomic E-state index is 0.150. The molecule has 2 heterocycles. The molecule has 1 aromatic carbocycles. The van der Waals surface area contributed by atoms with E-state index >= 15 is 0 Å². The zero-order chi connectivity index (χ0) is 18.3. The molecule has 0 radical (unpaired) electrons. The molecule has 0 spiro atoms. The van der Waals surface area contributed by atoms with E-state index in [0.717, 1.165) is 40.0 Å². The van der Waals surface area contributed by atoms with Gasteiger partial charge in [0.2, 0.25) is 0 Å². The molecule has 26 heavy (non-hydrogen) atoms. The van der Waals surface area contributed by atoms with Gasteiger partial charge in [-0.1, -0.05) is 48.5 Å². The first-order valence-electron chi connectivity index (χ1n) is 9.03. The lowest BCUT2D eigenvalue weighted by molar-refractivity contribution is 0.102. The molecule has 5 heteroatoms. The van der Waals surface area contributed by atoms with Gasteiger partial charge in [-0.2, -0.15) is 0 Å². The van der Waals surface area contributed by atoms with Crippen LogP contribution in [0.1, 0.15) is 45.5 Å². The van der Waals surface area contributed by atoms with E-state index in [1.807, 2.05) is 49.4 Å². The van der Waals surface area contributed by atoms with E-state index in [0.29, 0.717) is 5.75 Å². The highest BCUT2D eigenvalue weighted by molar-refractivity contribution is 8.00. The first kappa shape index (κ1) is 17.7. The Hall–Kier alpha value is -1.72. The first-order chi connectivity index (χ1) is 12.5. The van der Waals surface area contributed by atoms with Crippen LogP contribution in [0.15, 0.2) is 29.3 Å². The van der Waals surface area contributed by atoms with Crippen LogP contribution < -0.4 is 0 Å². The number of fused-ring (bicyclic) bond motifs is 3. The Morgan fingerprint density at radius 1 is 1.23 bits per heavy atom. The van der Waals surface area contributed by atoms with E-state index in [9.17, 15) is 4.79 Å². The number of ketones is 1. The van der Waals surface area contributed by atoms with Crippen molar-refractivity contribution in [2.75, 3.05) is 5.75 Å². The average Bonchev–Trinajstić information content (AvgIpc) is 2.96. The maximum atomic E-state index is 12.6. The fourth-order valence-corrected chi connectivity index (χ4v) is 5.96. The highest BCUT2D eigenvalue weighted by atomic mass is 32.2. The molecule has 1 aliphatic rings. The molecule has 3 aromatic rings. The second kappa shape index (κ2) is 7.12. The van der Waals surface area contributed by atoms with E-state index in [4.69, 9.17) is 0 Å². The lowest BCUT2D eigenvalue weighted by atomic mass is 9.89. The number of carbonyl (C=O) groups excluding carboxylic acids is 1. The van der Waals surface area contributed by atoms with Crippen molar-refractivity contribution in [1.29, 1.82) is 0 Å². The molecule has 0 bridgehead atoms. The molecule has 4 rings (SSSR count). The SMILES string of the molecule is Cc1ccc(C(=O)CSc2nc(C)nc3sc4c(c23)CC[C@@H](C)C4)cc1. The maximum absolute atomic E-state index is 12.6. The van der Waals surface area contributed by atoms with Crippen LogP contribution in [0.4, 0.5) is 0 Å². The Bertz CT molecular complexity index is 976. The summed E-state index contributed by atoms with van der Waals surface area (Å²) in [4.78, 5) is 24.5. The fourth-order valence-electron chi connectivity index (χ4n) is 3.47. The molecule has 1 atom stereocenters. The summed E-state index contributed by atoms with van der Waals surface area (Å²) in [5, 5.41) is 2.17. The van der Waals surface area contributed by atoms with Crippen LogP contribution in [0.3, 0.4) is 0 Å². The number of thiophene rings is 1. The predicted octanol–water partition coefficient (Wildman–Crippen LogP) is 5.41. The zero-order valence-electron chi connectivity index (χ0n) is 15.3. The summed E-state index contributed by atoms with van der Waals surface area (Å²) in [6.07, 6.45) is 3.46. The van der Waals surface area contributed by atoms with Crippen LogP contribution in [-0.2, 0) is 12.8 Å². The number of nitrogens with zero attached hydrogens (tertiary/aromatic N) is 2. The molecule has 0 N–H and O–H groups in total. The molecular weight excluding hydrogens is 360 g/mol. The molecule has 2 aromatic heterocycles. The first-order valence-corrected chi connectivity index (χ1v) is 10.8. The van der Waals surface area contributed by atoms with Crippen molar-refractivity contribution in [1.82, 2.24) is 9.97 Å². The Kier molecular flexibility index (Phi) is 4.84. The number of aromatic nitrogens is 2. The Morgan fingerprint density at radius 3 is 2.77 bits per heavy atom. The van der Waals surface area contributed by atoms with Gasteiger partial charge in [-0.3, -0.25) is 4.79 Å². The standard InChI is InChI=1S/C21H22N2OS2/c1-12-4-7-15(8-5-12)17(24)11-25-20-19-16-9-6-13(2)10-18(16)26-21(19)23-14(3)22-20/h4-5,7-8,13H,6,9-11H2,1-3H3/t13-/m1/s1. The monoisotopic (exact) mass is 382 g/mol. The van der Waals surface area contributed by atoms with Crippen LogP contribution in [0.5, 0.6) is 0 Å². The molecule has 0 aliphatic heterocycles. The van der Waals surface area contributed by atoms with Crippen molar-refractivity contribution < 1.29 is 4.79 Å². The summed E-state index contributed by atoms with van der Waals surface area (Å²) < 4.78 is 0. The van der Waals surface area contributed by atoms with Gasteiger partial charge in [-0.15, -0.1) is 11.3 Å². The average molecular weight is 383 g/mol. The molecule has 3 nitrogen and oxygen atoms in total. The number of aryl methyl sites for hydroxylation is 3. The Morgan fingerprint density at radius 2 is 2.00 bits per heavy atom. The highest BCUT2D eigenvalue weighted by Crippen LogP contribution is 2.40. The lowest BCUT2D eigenvalue weighted by Gasteiger charge is -2.18. The zero-order valence-corrected chi connectivity index (χ0v) is 17.0. The van der Waals surface area contributed by atoms with Gasteiger partial charge in [0.1, 0.15) is 15.7 Å². The van der Waals surface area contributed by atoms with Crippen molar-refractivity contribution in [3.05, 3.63) is 51.7 Å². The second-order valence-corrected chi connectivity index (χ2v) is 9.23. The minimum Gasteiger partial charge on any atom is -0.293 e. The minimum absolute atomic E-state index is 0.150. The molecule has 0 amide bonds. The third kappa shape index (κ3) is 3.42. The number of thioether (sulfide) groups is 1. The van der Waals surface area contributed by atoms with E-state index in [2.05, 4.69) is 16.9 Å². The quantitative estimate of drug-likeness (QED) is 0.344. The summed E-state index contributed by atoms with van der Waals surface area (Å²) >= 11 is 3.37. The van der Waals surface area contributed by atoms with E-state index in [1.165, 1.54) is 27.8 Å². The topological polar surface area (TPSA) is 42.9 Å². The van der Waals surface area contributed by atoms with Crippen LogP contribution >= 0.6 is 23.1 Å². The van der Waals surface area contributed by atoms with Crippen molar-refractivity contribution in [2.24, 2.45) is 5.92 Å². The van der Waals surface area contributed by atoms with Crippen LogP contribution in [0, 0.1) is 19.8 Å². The van der Waals surface area contributed by atoms with Crippen molar-refractivity contribution in [3.8, 4) is 0 Å². The van der Waals surface area contributed by atoms with Gasteiger partial charge in [0.25, 0.3) is 0 Å². The van der Waals surface area contributed by atoms with E-state index in [-0.39, 0.29) is 5.78 Å². The number of rotatable bonds is 4. The molecule has 0 unspecified atom stereocenters. The van der Waals surface area contributed by atoms with Gasteiger partial charge in [0.15, 0.2) is 5.78 Å². The molecule has 0 saturated carbocycles. The number of hydrogen-bond donors (Lipinski definition) is 0. The van der Waals surface area contributed by atoms with Crippen molar-refractivity contribution >= 4 is 39.1 Å². The summed E-state index contributed by atoms with van der Waals surface area (Å²) in [5.41, 5.74) is 3.36. The second-order valence-electron chi connectivity index (χ2n) is 7.19. The number of benzene rings is 1. The van der Waals surface area contributed by atoms with E-state index < -0.39 is 0 Å². The van der Waals surface area contributed by atoms with E-state index in [1.54, 1.807) is 11.8 Å². The predicted molar refractivity (Wildman–Crippen MR) is 110 cm³/mol. The Balaban J connectivity index is 1.63. The van der Waals surface area contributed by atoms with Crippen molar-refractivity contribution in [3.63, 3.8) is 0 Å². The smallest absolute Gasteiger partial charge is 0.173 e. The molecular formula is C21H22N2OS2. The van der Waals surface area contributed by atoms with Gasteiger partial charge in [0.05, 0.1) is 5.75 Å². The summed E-state index contributed by atoms with van der Waals surface area (Å²) in [6, 6.07) is 7.79.